The van der Waals surface area contributed by atoms with Crippen molar-refractivity contribution in [1.29, 1.82) is 0 Å². The van der Waals surface area contributed by atoms with E-state index in [1.54, 1.807) is 24.3 Å². The van der Waals surface area contributed by atoms with E-state index in [4.69, 9.17) is 5.11 Å². The Kier molecular flexibility index (Phi) is 5.01. The molecule has 1 aromatic rings. The number of anilines is 1. The van der Waals surface area contributed by atoms with Crippen molar-refractivity contribution in [3.8, 4) is 11.8 Å². The Bertz CT molecular complexity index is 526. The topological polar surface area (TPSA) is 66.4 Å². The average Bonchev–Trinajstić information content (AvgIpc) is 2.24. The van der Waals surface area contributed by atoms with Gasteiger partial charge in [0.15, 0.2) is 0 Å². The number of para-hydroxylation sites is 1. The largest absolute Gasteiger partial charge is 0.396 e. The summed E-state index contributed by atoms with van der Waals surface area (Å²) < 4.78 is 24.7. The lowest BCUT2D eigenvalue weighted by molar-refractivity contribution is 0.290. The van der Waals surface area contributed by atoms with Gasteiger partial charge in [0.25, 0.3) is 0 Å². The number of rotatable bonds is 4. The van der Waals surface area contributed by atoms with Crippen molar-refractivity contribution >= 4 is 15.7 Å². The molecule has 0 heterocycles. The maximum absolute atomic E-state index is 11.1. The van der Waals surface area contributed by atoms with Gasteiger partial charge >= 0.3 is 0 Å². The quantitative estimate of drug-likeness (QED) is 0.625. The van der Waals surface area contributed by atoms with E-state index in [9.17, 15) is 8.42 Å². The van der Waals surface area contributed by atoms with Gasteiger partial charge in [-0.05, 0) is 18.6 Å². The molecule has 92 valence electrons. The van der Waals surface area contributed by atoms with Crippen LogP contribution >= 0.6 is 0 Å². The van der Waals surface area contributed by atoms with E-state index in [2.05, 4.69) is 16.6 Å². The standard InChI is InChI=1S/C12H15NO3S/c1-17(15,16)13-12-9-5-4-8-11(12)7-3-2-6-10-14/h4-5,8-9,13-14H,2,6,10H2,1H3. The zero-order valence-electron chi connectivity index (χ0n) is 9.60. The first-order valence-electron chi connectivity index (χ1n) is 5.19. The lowest BCUT2D eigenvalue weighted by atomic mass is 10.2. The van der Waals surface area contributed by atoms with E-state index in [1.807, 2.05) is 0 Å². The molecule has 0 spiro atoms. The molecule has 0 atom stereocenters. The van der Waals surface area contributed by atoms with Crippen LogP contribution in [-0.4, -0.2) is 26.4 Å². The summed E-state index contributed by atoms with van der Waals surface area (Å²) in [7, 11) is -3.29. The number of unbranched alkanes of at least 4 members (excludes halogenated alkanes) is 1. The summed E-state index contributed by atoms with van der Waals surface area (Å²) in [6, 6.07) is 6.95. The summed E-state index contributed by atoms with van der Waals surface area (Å²) in [5.41, 5.74) is 1.11. The molecule has 0 saturated carbocycles. The number of aliphatic hydroxyl groups is 1. The predicted octanol–water partition coefficient (Wildman–Crippen LogP) is 1.18. The van der Waals surface area contributed by atoms with Gasteiger partial charge in [0, 0.05) is 18.6 Å². The van der Waals surface area contributed by atoms with Crippen molar-refractivity contribution in [1.82, 2.24) is 0 Å². The van der Waals surface area contributed by atoms with Crippen LogP contribution in [0.1, 0.15) is 18.4 Å². The van der Waals surface area contributed by atoms with Crippen LogP contribution in [0.3, 0.4) is 0 Å². The molecule has 0 aliphatic heterocycles. The Balaban J connectivity index is 2.87. The van der Waals surface area contributed by atoms with Crippen molar-refractivity contribution in [3.05, 3.63) is 29.8 Å². The van der Waals surface area contributed by atoms with Crippen LogP contribution in [-0.2, 0) is 10.0 Å². The Morgan fingerprint density at radius 2 is 2.06 bits per heavy atom. The van der Waals surface area contributed by atoms with Gasteiger partial charge < -0.3 is 5.11 Å². The molecule has 1 aromatic carbocycles. The van der Waals surface area contributed by atoms with Crippen molar-refractivity contribution in [2.45, 2.75) is 12.8 Å². The minimum absolute atomic E-state index is 0.109. The smallest absolute Gasteiger partial charge is 0.229 e. The fourth-order valence-electron chi connectivity index (χ4n) is 1.21. The molecule has 5 heteroatoms. The summed E-state index contributed by atoms with van der Waals surface area (Å²) in [5.74, 6) is 5.77. The minimum atomic E-state index is -3.29. The molecule has 0 unspecified atom stereocenters. The van der Waals surface area contributed by atoms with Gasteiger partial charge in [-0.3, -0.25) is 4.72 Å². The van der Waals surface area contributed by atoms with Crippen LogP contribution in [0.15, 0.2) is 24.3 Å². The highest BCUT2D eigenvalue weighted by Gasteiger charge is 2.04. The SMILES string of the molecule is CS(=O)(=O)Nc1ccccc1C#CCCCO. The van der Waals surface area contributed by atoms with Gasteiger partial charge in [-0.1, -0.05) is 24.0 Å². The zero-order chi connectivity index (χ0) is 12.7. The number of nitrogens with one attached hydrogen (secondary N) is 1. The van der Waals surface area contributed by atoms with E-state index in [-0.39, 0.29) is 6.61 Å². The number of hydrogen-bond acceptors (Lipinski definition) is 3. The van der Waals surface area contributed by atoms with Gasteiger partial charge in [-0.15, -0.1) is 0 Å². The second kappa shape index (κ2) is 6.28. The fourth-order valence-corrected chi connectivity index (χ4v) is 1.78. The van der Waals surface area contributed by atoms with Crippen LogP contribution in [0, 0.1) is 11.8 Å². The third-order valence-electron chi connectivity index (χ3n) is 1.91. The second-order valence-electron chi connectivity index (χ2n) is 3.55. The number of benzene rings is 1. The second-order valence-corrected chi connectivity index (χ2v) is 5.30. The summed E-state index contributed by atoms with van der Waals surface area (Å²) in [5, 5.41) is 8.61. The normalized spacial score (nSPS) is 10.5. The number of hydrogen-bond donors (Lipinski definition) is 2. The molecule has 0 aliphatic rings. The fraction of sp³-hybridized carbons (Fsp3) is 0.333. The molecule has 0 amide bonds. The summed E-state index contributed by atoms with van der Waals surface area (Å²) in [6.07, 6.45) is 2.31. The van der Waals surface area contributed by atoms with Gasteiger partial charge in [-0.25, -0.2) is 8.42 Å². The molecule has 4 nitrogen and oxygen atoms in total. The highest BCUT2D eigenvalue weighted by atomic mass is 32.2. The number of aliphatic hydroxyl groups excluding tert-OH is 1. The molecule has 0 bridgehead atoms. The molecular formula is C12H15NO3S. The molecule has 0 radical (unpaired) electrons. The van der Waals surface area contributed by atoms with Crippen LogP contribution in [0.2, 0.25) is 0 Å². The molecule has 0 saturated heterocycles. The lowest BCUT2D eigenvalue weighted by Crippen LogP contribution is -2.10. The van der Waals surface area contributed by atoms with E-state index in [0.717, 1.165) is 6.26 Å². The third-order valence-corrected chi connectivity index (χ3v) is 2.50. The van der Waals surface area contributed by atoms with Crippen molar-refractivity contribution in [3.63, 3.8) is 0 Å². The van der Waals surface area contributed by atoms with Gasteiger partial charge in [0.1, 0.15) is 0 Å². The van der Waals surface area contributed by atoms with E-state index >= 15 is 0 Å². The zero-order valence-corrected chi connectivity index (χ0v) is 10.4. The maximum atomic E-state index is 11.1. The molecule has 1 rings (SSSR count). The van der Waals surface area contributed by atoms with Gasteiger partial charge in [0.2, 0.25) is 10.0 Å². The van der Waals surface area contributed by atoms with Crippen LogP contribution in [0.25, 0.3) is 0 Å². The predicted molar refractivity (Wildman–Crippen MR) is 68.1 cm³/mol. The van der Waals surface area contributed by atoms with Gasteiger partial charge in [-0.2, -0.15) is 0 Å². The first-order valence-corrected chi connectivity index (χ1v) is 7.08. The van der Waals surface area contributed by atoms with E-state index < -0.39 is 10.0 Å². The Morgan fingerprint density at radius 1 is 1.35 bits per heavy atom. The molecule has 17 heavy (non-hydrogen) atoms. The summed E-state index contributed by atoms with van der Waals surface area (Å²) in [6.45, 7) is 0.109. The van der Waals surface area contributed by atoms with Gasteiger partial charge in [0.05, 0.1) is 11.9 Å². The molecular weight excluding hydrogens is 238 g/mol. The highest BCUT2D eigenvalue weighted by molar-refractivity contribution is 7.92. The van der Waals surface area contributed by atoms with Crippen molar-refractivity contribution in [2.24, 2.45) is 0 Å². The summed E-state index contributed by atoms with van der Waals surface area (Å²) in [4.78, 5) is 0. The average molecular weight is 253 g/mol. The first-order chi connectivity index (χ1) is 8.03. The van der Waals surface area contributed by atoms with E-state index in [1.165, 1.54) is 0 Å². The van der Waals surface area contributed by atoms with Crippen LogP contribution in [0.4, 0.5) is 5.69 Å². The third kappa shape index (κ3) is 5.38. The molecule has 2 N–H and O–H groups in total. The lowest BCUT2D eigenvalue weighted by Gasteiger charge is -2.05. The van der Waals surface area contributed by atoms with Crippen molar-refractivity contribution < 1.29 is 13.5 Å². The molecule has 0 aromatic heterocycles. The Morgan fingerprint density at radius 3 is 2.71 bits per heavy atom. The van der Waals surface area contributed by atoms with Crippen molar-refractivity contribution in [2.75, 3.05) is 17.6 Å². The van der Waals surface area contributed by atoms with Crippen LogP contribution in [0.5, 0.6) is 0 Å². The van der Waals surface area contributed by atoms with Crippen LogP contribution < -0.4 is 4.72 Å². The molecule has 0 aliphatic carbocycles. The van der Waals surface area contributed by atoms with E-state index in [0.29, 0.717) is 24.1 Å². The Labute approximate surface area is 102 Å². The summed E-state index contributed by atoms with van der Waals surface area (Å²) >= 11 is 0. The first kappa shape index (κ1) is 13.6. The number of sulfonamides is 1. The maximum Gasteiger partial charge on any atom is 0.229 e. The Hall–Kier alpha value is -1.51. The monoisotopic (exact) mass is 253 g/mol. The minimum Gasteiger partial charge on any atom is -0.396 e. The molecule has 0 fully saturated rings. The highest BCUT2D eigenvalue weighted by Crippen LogP contribution is 2.14.